The van der Waals surface area contributed by atoms with Crippen LogP contribution in [0.4, 0.5) is 14.6 Å². The molecule has 0 aliphatic carbocycles. The van der Waals surface area contributed by atoms with E-state index in [2.05, 4.69) is 10.1 Å². The number of rotatable bonds is 2. The second kappa shape index (κ2) is 6.13. The molecule has 136 valence electrons. The van der Waals surface area contributed by atoms with Crippen molar-refractivity contribution < 1.29 is 8.78 Å². The van der Waals surface area contributed by atoms with E-state index in [0.717, 1.165) is 25.5 Å². The van der Waals surface area contributed by atoms with E-state index in [0.29, 0.717) is 33.1 Å². The van der Waals surface area contributed by atoms with E-state index in [1.807, 2.05) is 17.0 Å². The zero-order chi connectivity index (χ0) is 18.5. The molecule has 0 N–H and O–H groups in total. The number of fused-ring (bicyclic) bond motifs is 3. The number of pyridine rings is 1. The highest BCUT2D eigenvalue weighted by Crippen LogP contribution is 2.37. The van der Waals surface area contributed by atoms with Gasteiger partial charge in [-0.05, 0) is 43.2 Å². The van der Waals surface area contributed by atoms with Crippen molar-refractivity contribution in [3.63, 3.8) is 0 Å². The first kappa shape index (κ1) is 16.4. The highest BCUT2D eigenvalue weighted by Gasteiger charge is 2.30. The van der Waals surface area contributed by atoms with Gasteiger partial charge in [-0.25, -0.2) is 23.3 Å². The van der Waals surface area contributed by atoms with Crippen molar-refractivity contribution >= 4 is 34.1 Å². The number of anilines is 1. The number of hydrogen-bond donors (Lipinski definition) is 0. The lowest BCUT2D eigenvalue weighted by molar-refractivity contribution is 0.560. The average molecular weight is 386 g/mol. The second-order valence-electron chi connectivity index (χ2n) is 6.59. The Hall–Kier alpha value is -2.80. The Morgan fingerprint density at radius 2 is 2.04 bits per heavy atom. The van der Waals surface area contributed by atoms with E-state index in [9.17, 15) is 8.78 Å². The van der Waals surface area contributed by atoms with Crippen LogP contribution in [0.1, 0.15) is 24.4 Å². The van der Waals surface area contributed by atoms with Gasteiger partial charge in [0.05, 0.1) is 17.3 Å². The van der Waals surface area contributed by atoms with Crippen molar-refractivity contribution in [1.29, 1.82) is 0 Å². The summed E-state index contributed by atoms with van der Waals surface area (Å²) in [4.78, 5) is 11.1. The van der Waals surface area contributed by atoms with E-state index < -0.39 is 11.6 Å². The van der Waals surface area contributed by atoms with Crippen molar-refractivity contribution in [3.8, 4) is 0 Å². The van der Waals surface area contributed by atoms with Crippen LogP contribution in [0.25, 0.3) is 16.7 Å². The molecule has 0 spiro atoms. The number of aromatic nitrogens is 4. The predicted molar refractivity (Wildman–Crippen MR) is 99.0 cm³/mol. The normalized spacial score (nSPS) is 17.3. The zero-order valence-electron chi connectivity index (χ0n) is 14.1. The molecule has 0 unspecified atom stereocenters. The molecule has 4 aromatic rings. The third-order valence-electron chi connectivity index (χ3n) is 4.92. The van der Waals surface area contributed by atoms with Gasteiger partial charge in [0, 0.05) is 18.3 Å². The first-order chi connectivity index (χ1) is 13.1. The van der Waals surface area contributed by atoms with Crippen LogP contribution >= 0.6 is 11.6 Å². The van der Waals surface area contributed by atoms with Gasteiger partial charge in [-0.2, -0.15) is 5.10 Å². The van der Waals surface area contributed by atoms with Crippen molar-refractivity contribution in [1.82, 2.24) is 19.6 Å². The van der Waals surface area contributed by atoms with Crippen LogP contribution in [0.3, 0.4) is 0 Å². The first-order valence-electron chi connectivity index (χ1n) is 8.62. The van der Waals surface area contributed by atoms with Crippen LogP contribution in [-0.4, -0.2) is 26.1 Å². The summed E-state index contributed by atoms with van der Waals surface area (Å²) in [5, 5.41) is 4.91. The average Bonchev–Trinajstić information content (AvgIpc) is 3.27. The monoisotopic (exact) mass is 385 g/mol. The zero-order valence-corrected chi connectivity index (χ0v) is 14.9. The standard InChI is InChI=1S/C19H14ClF2N5/c20-11-9-23-19-18-15(25-27(19)10-11)5-6-17(24-18)26-7-1-2-16(26)13-8-12(21)3-4-14(13)22/h3-6,8-10,16H,1-2,7H2/t16-/m1/s1. The molecule has 1 fully saturated rings. The first-order valence-corrected chi connectivity index (χ1v) is 9.00. The van der Waals surface area contributed by atoms with Crippen LogP contribution < -0.4 is 4.90 Å². The summed E-state index contributed by atoms with van der Waals surface area (Å²) in [7, 11) is 0. The molecule has 0 saturated carbocycles. The molecule has 5 nitrogen and oxygen atoms in total. The van der Waals surface area contributed by atoms with Crippen LogP contribution in [-0.2, 0) is 0 Å². The molecule has 1 aromatic carbocycles. The molecule has 0 amide bonds. The van der Waals surface area contributed by atoms with Crippen molar-refractivity contribution in [2.24, 2.45) is 0 Å². The van der Waals surface area contributed by atoms with E-state index in [-0.39, 0.29) is 6.04 Å². The SMILES string of the molecule is Fc1ccc(F)c([C@H]2CCCN2c2ccc3nn4cc(Cl)cnc4c3n2)c1. The van der Waals surface area contributed by atoms with Gasteiger partial charge < -0.3 is 4.90 Å². The Balaban J connectivity index is 1.61. The third-order valence-corrected chi connectivity index (χ3v) is 5.12. The highest BCUT2D eigenvalue weighted by atomic mass is 35.5. The summed E-state index contributed by atoms with van der Waals surface area (Å²) in [6.45, 7) is 0.720. The molecule has 8 heteroatoms. The summed E-state index contributed by atoms with van der Waals surface area (Å²) in [5.74, 6) is -0.146. The molecule has 0 radical (unpaired) electrons. The molecule has 1 atom stereocenters. The molecule has 1 saturated heterocycles. The van der Waals surface area contributed by atoms with Gasteiger partial charge in [0.15, 0.2) is 5.65 Å². The number of halogens is 3. The maximum atomic E-state index is 14.3. The molecule has 3 aromatic heterocycles. The van der Waals surface area contributed by atoms with Gasteiger partial charge in [-0.1, -0.05) is 11.6 Å². The molecular weight excluding hydrogens is 372 g/mol. The molecule has 1 aliphatic rings. The lowest BCUT2D eigenvalue weighted by atomic mass is 10.0. The number of benzene rings is 1. The number of hydrogen-bond acceptors (Lipinski definition) is 4. The molecule has 27 heavy (non-hydrogen) atoms. The Bertz CT molecular complexity index is 1180. The summed E-state index contributed by atoms with van der Waals surface area (Å²) < 4.78 is 29.6. The molecule has 4 heterocycles. The molecular formula is C19H14ClF2N5. The van der Waals surface area contributed by atoms with Gasteiger partial charge in [0.25, 0.3) is 0 Å². The largest absolute Gasteiger partial charge is 0.349 e. The third kappa shape index (κ3) is 2.70. The molecule has 1 aliphatic heterocycles. The summed E-state index contributed by atoms with van der Waals surface area (Å²) in [6.07, 6.45) is 4.84. The lowest BCUT2D eigenvalue weighted by Gasteiger charge is -2.26. The Kier molecular flexibility index (Phi) is 3.72. The molecule has 5 rings (SSSR count). The van der Waals surface area contributed by atoms with Gasteiger partial charge >= 0.3 is 0 Å². The van der Waals surface area contributed by atoms with Crippen molar-refractivity contribution in [3.05, 3.63) is 64.9 Å². The fourth-order valence-corrected chi connectivity index (χ4v) is 3.88. The molecule has 0 bridgehead atoms. The second-order valence-corrected chi connectivity index (χ2v) is 7.03. The van der Waals surface area contributed by atoms with E-state index in [1.165, 1.54) is 12.1 Å². The highest BCUT2D eigenvalue weighted by molar-refractivity contribution is 6.30. The lowest BCUT2D eigenvalue weighted by Crippen LogP contribution is -2.24. The van der Waals surface area contributed by atoms with Gasteiger partial charge in [-0.3, -0.25) is 0 Å². The van der Waals surface area contributed by atoms with Crippen LogP contribution in [0.2, 0.25) is 5.02 Å². The van der Waals surface area contributed by atoms with Crippen molar-refractivity contribution in [2.45, 2.75) is 18.9 Å². The van der Waals surface area contributed by atoms with Gasteiger partial charge in [0.2, 0.25) is 0 Å². The minimum Gasteiger partial charge on any atom is -0.349 e. The maximum Gasteiger partial charge on any atom is 0.181 e. The summed E-state index contributed by atoms with van der Waals surface area (Å²) in [6, 6.07) is 7.05. The van der Waals surface area contributed by atoms with Crippen LogP contribution in [0.5, 0.6) is 0 Å². The summed E-state index contributed by atoms with van der Waals surface area (Å²) in [5.41, 5.74) is 2.30. The van der Waals surface area contributed by atoms with Crippen LogP contribution in [0, 0.1) is 11.6 Å². The minimum atomic E-state index is -0.439. The van der Waals surface area contributed by atoms with Crippen LogP contribution in [0.15, 0.2) is 42.7 Å². The summed E-state index contributed by atoms with van der Waals surface area (Å²) >= 11 is 5.98. The fourth-order valence-electron chi connectivity index (χ4n) is 3.74. The van der Waals surface area contributed by atoms with Gasteiger partial charge in [-0.15, -0.1) is 0 Å². The maximum absolute atomic E-state index is 14.3. The fraction of sp³-hybridized carbons (Fsp3) is 0.211. The quantitative estimate of drug-likeness (QED) is 0.508. The Morgan fingerprint density at radius 1 is 1.15 bits per heavy atom. The van der Waals surface area contributed by atoms with E-state index >= 15 is 0 Å². The van der Waals surface area contributed by atoms with E-state index in [1.54, 1.807) is 16.9 Å². The smallest absolute Gasteiger partial charge is 0.181 e. The topological polar surface area (TPSA) is 46.3 Å². The van der Waals surface area contributed by atoms with Crippen molar-refractivity contribution in [2.75, 3.05) is 11.4 Å². The van der Waals surface area contributed by atoms with E-state index in [4.69, 9.17) is 16.6 Å². The Morgan fingerprint density at radius 3 is 2.93 bits per heavy atom. The van der Waals surface area contributed by atoms with Gasteiger partial charge in [0.1, 0.15) is 28.5 Å². The predicted octanol–water partition coefficient (Wildman–Crippen LogP) is 4.55. The minimum absolute atomic E-state index is 0.255. The number of nitrogens with zero attached hydrogens (tertiary/aromatic N) is 5. The Labute approximate surface area is 158 Å².